The highest BCUT2D eigenvalue weighted by Crippen LogP contribution is 1.95. The molecule has 0 amide bonds. The van der Waals surface area contributed by atoms with Crippen molar-refractivity contribution in [3.05, 3.63) is 18.5 Å². The summed E-state index contributed by atoms with van der Waals surface area (Å²) in [6.45, 7) is 0.750. The maximum atomic E-state index is 9.43. The topological polar surface area (TPSA) is 73.3 Å². The van der Waals surface area contributed by atoms with E-state index < -0.39 is 6.10 Å². The van der Waals surface area contributed by atoms with Gasteiger partial charge < -0.3 is 15.6 Å². The van der Waals surface area contributed by atoms with Crippen molar-refractivity contribution in [2.75, 3.05) is 13.7 Å². The van der Waals surface area contributed by atoms with Gasteiger partial charge in [-0.2, -0.15) is 5.10 Å². The van der Waals surface area contributed by atoms with E-state index in [0.717, 1.165) is 0 Å². The van der Waals surface area contributed by atoms with Crippen molar-refractivity contribution in [2.24, 2.45) is 5.73 Å². The molecule has 0 spiro atoms. The van der Waals surface area contributed by atoms with Gasteiger partial charge in [0.05, 0.1) is 25.3 Å². The summed E-state index contributed by atoms with van der Waals surface area (Å²) >= 11 is 0. The number of ether oxygens (including phenoxy) is 1. The normalized spacial score (nSPS) is 14.5. The number of rotatable bonds is 5. The molecule has 1 aromatic heterocycles. The van der Waals surface area contributed by atoms with Crippen molar-refractivity contribution < 1.29 is 9.84 Å². The lowest BCUT2D eigenvalue weighted by Crippen LogP contribution is -2.41. The molecule has 0 aliphatic heterocycles. The van der Waals surface area contributed by atoms with Gasteiger partial charge in [-0.1, -0.05) is 0 Å². The van der Waals surface area contributed by atoms with Crippen LogP contribution in [0, 0.1) is 0 Å². The fraction of sp³-hybridized carbons (Fsp3) is 0.625. The molecule has 0 aliphatic carbocycles. The van der Waals surface area contributed by atoms with Crippen LogP contribution >= 0.6 is 12.4 Å². The Labute approximate surface area is 89.3 Å². The van der Waals surface area contributed by atoms with E-state index in [4.69, 9.17) is 10.5 Å². The molecule has 5 nitrogen and oxygen atoms in total. The van der Waals surface area contributed by atoms with E-state index in [1.165, 1.54) is 7.11 Å². The molecule has 0 aromatic carbocycles. The van der Waals surface area contributed by atoms with Gasteiger partial charge in [-0.3, -0.25) is 4.68 Å². The minimum Gasteiger partial charge on any atom is -0.389 e. The lowest BCUT2D eigenvalue weighted by molar-refractivity contribution is 0.0434. The van der Waals surface area contributed by atoms with Crippen molar-refractivity contribution in [3.8, 4) is 0 Å². The number of hydrogen-bond acceptors (Lipinski definition) is 4. The summed E-state index contributed by atoms with van der Waals surface area (Å²) in [5, 5.41) is 13.4. The third-order valence-electron chi connectivity index (χ3n) is 1.79. The zero-order valence-corrected chi connectivity index (χ0v) is 8.85. The molecule has 14 heavy (non-hydrogen) atoms. The number of aliphatic hydroxyl groups is 1. The molecule has 2 atom stereocenters. The average Bonchev–Trinajstić information content (AvgIpc) is 2.57. The first kappa shape index (κ1) is 13.4. The number of nitrogens with zero attached hydrogens (tertiary/aromatic N) is 2. The smallest absolute Gasteiger partial charge is 0.0942 e. The molecule has 0 fully saturated rings. The first-order chi connectivity index (χ1) is 6.24. The van der Waals surface area contributed by atoms with E-state index in [0.29, 0.717) is 6.54 Å². The van der Waals surface area contributed by atoms with Gasteiger partial charge in [0.15, 0.2) is 0 Å². The Kier molecular flexibility index (Phi) is 6.48. The average molecular weight is 222 g/mol. The molecule has 0 radical (unpaired) electrons. The van der Waals surface area contributed by atoms with Crippen LogP contribution in [0.1, 0.15) is 0 Å². The van der Waals surface area contributed by atoms with Crippen molar-refractivity contribution in [1.29, 1.82) is 0 Å². The van der Waals surface area contributed by atoms with Gasteiger partial charge in [-0.05, 0) is 6.07 Å². The summed E-state index contributed by atoms with van der Waals surface area (Å²) in [6, 6.07) is 1.47. The van der Waals surface area contributed by atoms with Crippen LogP contribution in [0.25, 0.3) is 0 Å². The van der Waals surface area contributed by atoms with E-state index >= 15 is 0 Å². The number of nitrogens with two attached hydrogens (primary N) is 1. The van der Waals surface area contributed by atoms with Gasteiger partial charge in [0.25, 0.3) is 0 Å². The van der Waals surface area contributed by atoms with Crippen LogP contribution in [0.3, 0.4) is 0 Å². The van der Waals surface area contributed by atoms with Gasteiger partial charge in [0.2, 0.25) is 0 Å². The maximum Gasteiger partial charge on any atom is 0.0942 e. The molecule has 0 aliphatic rings. The lowest BCUT2D eigenvalue weighted by atomic mass is 10.2. The molecule has 0 saturated heterocycles. The fourth-order valence-electron chi connectivity index (χ4n) is 1.04. The van der Waals surface area contributed by atoms with Gasteiger partial charge in [0, 0.05) is 19.5 Å². The Morgan fingerprint density at radius 3 is 2.86 bits per heavy atom. The quantitative estimate of drug-likeness (QED) is 0.712. The van der Waals surface area contributed by atoms with Gasteiger partial charge in [0.1, 0.15) is 0 Å². The Hall–Kier alpha value is -0.620. The maximum absolute atomic E-state index is 9.43. The number of aliphatic hydroxyl groups excluding tert-OH is 1. The molecule has 0 bridgehead atoms. The van der Waals surface area contributed by atoms with E-state index in [1.54, 1.807) is 17.1 Å². The molecular weight excluding hydrogens is 206 g/mol. The van der Waals surface area contributed by atoms with Crippen molar-refractivity contribution in [2.45, 2.75) is 18.7 Å². The van der Waals surface area contributed by atoms with Crippen molar-refractivity contribution in [3.63, 3.8) is 0 Å². The van der Waals surface area contributed by atoms with Crippen LogP contribution in [0.4, 0.5) is 0 Å². The molecule has 1 rings (SSSR count). The summed E-state index contributed by atoms with van der Waals surface area (Å²) in [4.78, 5) is 0. The summed E-state index contributed by atoms with van der Waals surface area (Å²) in [6.07, 6.45) is 2.84. The Morgan fingerprint density at radius 1 is 1.64 bits per heavy atom. The largest absolute Gasteiger partial charge is 0.389 e. The van der Waals surface area contributed by atoms with Crippen LogP contribution in [-0.4, -0.2) is 40.7 Å². The van der Waals surface area contributed by atoms with E-state index in [9.17, 15) is 5.11 Å². The second-order valence-corrected chi connectivity index (χ2v) is 2.91. The first-order valence-corrected chi connectivity index (χ1v) is 4.14. The molecule has 82 valence electrons. The second-order valence-electron chi connectivity index (χ2n) is 2.91. The van der Waals surface area contributed by atoms with Crippen LogP contribution in [0.2, 0.25) is 0 Å². The van der Waals surface area contributed by atoms with Crippen molar-refractivity contribution >= 4 is 12.4 Å². The zero-order chi connectivity index (χ0) is 9.68. The Morgan fingerprint density at radius 2 is 2.36 bits per heavy atom. The molecule has 2 unspecified atom stereocenters. The van der Waals surface area contributed by atoms with Gasteiger partial charge in [-0.25, -0.2) is 0 Å². The molecule has 1 heterocycles. The summed E-state index contributed by atoms with van der Waals surface area (Å²) in [5.74, 6) is 0. The third kappa shape index (κ3) is 4.06. The highest BCUT2D eigenvalue weighted by molar-refractivity contribution is 5.85. The molecule has 3 N–H and O–H groups in total. The van der Waals surface area contributed by atoms with Crippen LogP contribution in [0.5, 0.6) is 0 Å². The van der Waals surface area contributed by atoms with E-state index in [1.807, 2.05) is 6.07 Å². The summed E-state index contributed by atoms with van der Waals surface area (Å²) in [7, 11) is 1.53. The van der Waals surface area contributed by atoms with Gasteiger partial charge >= 0.3 is 0 Å². The fourth-order valence-corrected chi connectivity index (χ4v) is 1.04. The first-order valence-electron chi connectivity index (χ1n) is 4.14. The molecule has 6 heteroatoms. The Balaban J connectivity index is 0.00000169. The lowest BCUT2D eigenvalue weighted by Gasteiger charge is -2.17. The van der Waals surface area contributed by atoms with E-state index in [-0.39, 0.29) is 25.1 Å². The van der Waals surface area contributed by atoms with Crippen LogP contribution in [-0.2, 0) is 11.3 Å². The summed E-state index contributed by atoms with van der Waals surface area (Å²) < 4.78 is 6.47. The number of hydrogen-bond donors (Lipinski definition) is 2. The predicted octanol–water partition coefficient (Wildman–Crippen LogP) is -0.360. The van der Waals surface area contributed by atoms with Crippen molar-refractivity contribution in [1.82, 2.24) is 9.78 Å². The predicted molar refractivity (Wildman–Crippen MR) is 55.3 cm³/mol. The minimum atomic E-state index is -0.644. The highest BCUT2D eigenvalue weighted by atomic mass is 35.5. The van der Waals surface area contributed by atoms with Gasteiger partial charge in [-0.15, -0.1) is 12.4 Å². The highest BCUT2D eigenvalue weighted by Gasteiger charge is 2.14. The minimum absolute atomic E-state index is 0. The molecule has 0 saturated carbocycles. The standard InChI is InChI=1S/C8H15N3O2.ClH/c1-13-6-8(12)7(9)5-11-4-2-3-10-11;/h2-4,7-8,12H,5-6,9H2,1H3;1H. The zero-order valence-electron chi connectivity index (χ0n) is 8.04. The third-order valence-corrected chi connectivity index (χ3v) is 1.79. The van der Waals surface area contributed by atoms with E-state index in [2.05, 4.69) is 5.10 Å². The second kappa shape index (κ2) is 6.78. The number of halogens is 1. The monoisotopic (exact) mass is 221 g/mol. The SMILES string of the molecule is COCC(O)C(N)Cn1cccn1.Cl. The van der Waals surface area contributed by atoms with Crippen LogP contribution < -0.4 is 5.73 Å². The molecular formula is C8H16ClN3O2. The number of methoxy groups -OCH3 is 1. The van der Waals surface area contributed by atoms with Crippen LogP contribution in [0.15, 0.2) is 18.5 Å². The number of aromatic nitrogens is 2. The molecule has 1 aromatic rings. The Bertz CT molecular complexity index is 231. The summed E-state index contributed by atoms with van der Waals surface area (Å²) in [5.41, 5.74) is 5.70.